The molecule has 18 heteroatoms. The van der Waals surface area contributed by atoms with Gasteiger partial charge in [-0.15, -0.1) is 0 Å². The van der Waals surface area contributed by atoms with Gasteiger partial charge in [0.25, 0.3) is 0 Å². The van der Waals surface area contributed by atoms with Crippen LogP contribution >= 0.6 is 0 Å². The van der Waals surface area contributed by atoms with Crippen molar-refractivity contribution in [3.05, 3.63) is 0 Å². The van der Waals surface area contributed by atoms with Gasteiger partial charge in [-0.05, 0) is 71.1 Å². The van der Waals surface area contributed by atoms with E-state index in [1.165, 1.54) is 11.8 Å². The topological polar surface area (TPSA) is 326 Å². The van der Waals surface area contributed by atoms with Crippen molar-refractivity contribution < 1.29 is 29.1 Å². The first-order valence-electron chi connectivity index (χ1n) is 15.3. The number of aliphatic imine (C=N–C) groups is 2. The molecule has 0 aromatic heterocycles. The predicted octanol–water partition coefficient (Wildman–Crippen LogP) is -3.51. The first-order chi connectivity index (χ1) is 21.2. The SMILES string of the molecule is C[C@H](NC(=O)[C@@H](N)CCCCNC(=O)C(N)CCCCN=C(N)N)C(=O)N1CCC[C@H]1C(=O)N[C@@H](CCCN=C(N)N)C(=O)O. The summed E-state index contributed by atoms with van der Waals surface area (Å²) >= 11 is 0. The normalized spacial score (nSPS) is 16.9. The number of rotatable bonds is 21. The third-order valence-electron chi connectivity index (χ3n) is 7.26. The minimum Gasteiger partial charge on any atom is -0.480 e. The fourth-order valence-corrected chi connectivity index (χ4v) is 4.74. The molecular weight excluding hydrogens is 588 g/mol. The van der Waals surface area contributed by atoms with Crippen molar-refractivity contribution in [3.8, 4) is 0 Å². The maximum absolute atomic E-state index is 13.1. The summed E-state index contributed by atoms with van der Waals surface area (Å²) in [7, 11) is 0. The average Bonchev–Trinajstić information content (AvgIpc) is 3.47. The van der Waals surface area contributed by atoms with E-state index in [4.69, 9.17) is 34.4 Å². The van der Waals surface area contributed by atoms with Crippen LogP contribution in [0.2, 0.25) is 0 Å². The van der Waals surface area contributed by atoms with Crippen LogP contribution in [0.4, 0.5) is 0 Å². The van der Waals surface area contributed by atoms with E-state index in [0.29, 0.717) is 77.4 Å². The molecule has 16 N–H and O–H groups in total. The maximum Gasteiger partial charge on any atom is 0.326 e. The van der Waals surface area contributed by atoms with Gasteiger partial charge >= 0.3 is 5.97 Å². The number of nitrogens with two attached hydrogens (primary N) is 6. The number of guanidine groups is 2. The lowest BCUT2D eigenvalue weighted by molar-refractivity contribution is -0.144. The van der Waals surface area contributed by atoms with E-state index in [1.54, 1.807) is 0 Å². The second kappa shape index (κ2) is 20.7. The highest BCUT2D eigenvalue weighted by Crippen LogP contribution is 2.19. The number of carbonyl (C=O) groups is 5. The molecule has 1 rings (SSSR count). The maximum atomic E-state index is 13.1. The van der Waals surface area contributed by atoms with Crippen molar-refractivity contribution in [1.29, 1.82) is 0 Å². The minimum atomic E-state index is -1.21. The lowest BCUT2D eigenvalue weighted by Gasteiger charge is -2.28. The first-order valence-corrected chi connectivity index (χ1v) is 15.3. The Bertz CT molecular complexity index is 1050. The van der Waals surface area contributed by atoms with Gasteiger partial charge in [0.05, 0.1) is 12.1 Å². The number of likely N-dealkylation sites (tertiary alicyclic amines) is 1. The first kappa shape index (κ1) is 38.8. The summed E-state index contributed by atoms with van der Waals surface area (Å²) in [6.45, 7) is 2.86. The number of hydrogen-bond donors (Lipinski definition) is 10. The zero-order valence-electron chi connectivity index (χ0n) is 26.1. The monoisotopic (exact) mass is 640 g/mol. The Morgan fingerprint density at radius 2 is 1.40 bits per heavy atom. The van der Waals surface area contributed by atoms with E-state index < -0.39 is 53.9 Å². The Morgan fingerprint density at radius 3 is 2.00 bits per heavy atom. The molecule has 45 heavy (non-hydrogen) atoms. The van der Waals surface area contributed by atoms with Gasteiger partial charge in [0.15, 0.2) is 11.9 Å². The van der Waals surface area contributed by atoms with Crippen LogP contribution in [0.25, 0.3) is 0 Å². The Hall–Kier alpha value is -4.19. The number of carbonyl (C=O) groups excluding carboxylic acids is 4. The van der Waals surface area contributed by atoms with Crippen LogP contribution in [-0.4, -0.2) is 108 Å². The molecule has 0 saturated carbocycles. The standard InChI is InChI=1S/C27H52N12O6/c1-16(24(43)39-15-7-11-20(39)23(42)38-19(25(44)45)10-6-14-36-27(32)33)37-22(41)18(29)9-2-4-12-34-21(40)17(28)8-3-5-13-35-26(30)31/h16-20H,2-15,28-29H2,1H3,(H,34,40)(H,37,41)(H,38,42)(H,44,45)(H4,30,31,35)(H4,32,33,36)/t16-,17?,18-,19-,20-/m0/s1. The lowest BCUT2D eigenvalue weighted by Crippen LogP contribution is -2.56. The van der Waals surface area contributed by atoms with Crippen molar-refractivity contribution in [3.63, 3.8) is 0 Å². The zero-order chi connectivity index (χ0) is 33.9. The summed E-state index contributed by atoms with van der Waals surface area (Å²) in [6.07, 6.45) is 4.72. The minimum absolute atomic E-state index is 0.0258. The highest BCUT2D eigenvalue weighted by molar-refractivity contribution is 5.94. The highest BCUT2D eigenvalue weighted by Gasteiger charge is 2.37. The van der Waals surface area contributed by atoms with E-state index in [-0.39, 0.29) is 30.8 Å². The second-order valence-electron chi connectivity index (χ2n) is 11.1. The lowest BCUT2D eigenvalue weighted by atomic mass is 10.1. The molecule has 0 bridgehead atoms. The van der Waals surface area contributed by atoms with E-state index in [1.807, 2.05) is 0 Å². The number of amides is 4. The highest BCUT2D eigenvalue weighted by atomic mass is 16.4. The molecule has 0 radical (unpaired) electrons. The van der Waals surface area contributed by atoms with Gasteiger partial charge in [0.1, 0.15) is 18.1 Å². The van der Waals surface area contributed by atoms with Crippen molar-refractivity contribution in [2.75, 3.05) is 26.2 Å². The second-order valence-corrected chi connectivity index (χ2v) is 11.1. The molecule has 18 nitrogen and oxygen atoms in total. The molecule has 1 heterocycles. The summed E-state index contributed by atoms with van der Waals surface area (Å²) in [4.78, 5) is 71.5. The van der Waals surface area contributed by atoms with E-state index in [0.717, 1.165) is 0 Å². The molecule has 1 aliphatic heterocycles. The van der Waals surface area contributed by atoms with Gasteiger partial charge < -0.3 is 60.4 Å². The van der Waals surface area contributed by atoms with Gasteiger partial charge in [-0.2, -0.15) is 0 Å². The van der Waals surface area contributed by atoms with Crippen molar-refractivity contribution in [2.24, 2.45) is 44.4 Å². The predicted molar refractivity (Wildman–Crippen MR) is 169 cm³/mol. The summed E-state index contributed by atoms with van der Waals surface area (Å²) in [5.41, 5.74) is 33.0. The smallest absolute Gasteiger partial charge is 0.326 e. The van der Waals surface area contributed by atoms with Crippen molar-refractivity contribution in [1.82, 2.24) is 20.9 Å². The number of unbranched alkanes of at least 4 members (excludes halogenated alkanes) is 2. The summed E-state index contributed by atoms with van der Waals surface area (Å²) in [5, 5.41) is 17.4. The average molecular weight is 641 g/mol. The zero-order valence-corrected chi connectivity index (χ0v) is 26.1. The molecule has 0 spiro atoms. The number of hydrogen-bond acceptors (Lipinski definition) is 9. The Kier molecular flexibility index (Phi) is 17.9. The van der Waals surface area contributed by atoms with Crippen molar-refractivity contribution >= 4 is 41.5 Å². The molecule has 4 amide bonds. The summed E-state index contributed by atoms with van der Waals surface area (Å²) in [6, 6.07) is -4.50. The van der Waals surface area contributed by atoms with Crippen LogP contribution in [0.1, 0.15) is 71.1 Å². The number of nitrogens with zero attached hydrogens (tertiary/aromatic N) is 3. The Labute approximate surface area is 263 Å². The van der Waals surface area contributed by atoms with Crippen LogP contribution < -0.4 is 50.4 Å². The number of nitrogens with one attached hydrogen (secondary N) is 3. The third kappa shape index (κ3) is 15.4. The van der Waals surface area contributed by atoms with E-state index in [9.17, 15) is 29.1 Å². The van der Waals surface area contributed by atoms with Crippen LogP contribution in [0.3, 0.4) is 0 Å². The quantitative estimate of drug-likeness (QED) is 0.0332. The van der Waals surface area contributed by atoms with Gasteiger partial charge in [-0.1, -0.05) is 0 Å². The Balaban J connectivity index is 2.43. The van der Waals surface area contributed by atoms with Gasteiger partial charge in [-0.25, -0.2) is 4.79 Å². The largest absolute Gasteiger partial charge is 0.480 e. The summed E-state index contributed by atoms with van der Waals surface area (Å²) in [5.74, 6) is -3.13. The van der Waals surface area contributed by atoms with Crippen LogP contribution in [0.15, 0.2) is 9.98 Å². The number of aliphatic carboxylic acids is 1. The number of carboxylic acids is 1. The molecule has 0 aliphatic carbocycles. The fraction of sp³-hybridized carbons (Fsp3) is 0.741. The molecule has 256 valence electrons. The van der Waals surface area contributed by atoms with E-state index >= 15 is 0 Å². The van der Waals surface area contributed by atoms with Gasteiger partial charge in [0, 0.05) is 26.2 Å². The number of carboxylic acid groups (broad SMARTS) is 1. The van der Waals surface area contributed by atoms with Crippen LogP contribution in [-0.2, 0) is 24.0 Å². The molecule has 1 aliphatic rings. The molecule has 1 fully saturated rings. The Morgan fingerprint density at radius 1 is 0.822 bits per heavy atom. The van der Waals surface area contributed by atoms with E-state index in [2.05, 4.69) is 25.9 Å². The van der Waals surface area contributed by atoms with Crippen LogP contribution in [0.5, 0.6) is 0 Å². The molecular formula is C27H52N12O6. The molecule has 0 aromatic carbocycles. The molecule has 1 saturated heterocycles. The van der Waals surface area contributed by atoms with Gasteiger partial charge in [0.2, 0.25) is 23.6 Å². The molecule has 5 atom stereocenters. The van der Waals surface area contributed by atoms with Crippen molar-refractivity contribution in [2.45, 2.75) is 101 Å². The fourth-order valence-electron chi connectivity index (χ4n) is 4.74. The third-order valence-corrected chi connectivity index (χ3v) is 7.26. The van der Waals surface area contributed by atoms with Gasteiger partial charge in [-0.3, -0.25) is 29.2 Å². The summed E-state index contributed by atoms with van der Waals surface area (Å²) < 4.78 is 0. The molecule has 0 aromatic rings. The molecule has 1 unspecified atom stereocenters. The van der Waals surface area contributed by atoms with Crippen LogP contribution in [0, 0.1) is 0 Å².